The number of imide groups is 1. The number of carbonyl (C=O) groups is 3. The topological polar surface area (TPSA) is 86.7 Å². The van der Waals surface area contributed by atoms with Crippen LogP contribution in [0.3, 0.4) is 0 Å². The van der Waals surface area contributed by atoms with Gasteiger partial charge < -0.3 is 4.90 Å². The molecular formula is C23H31N5O3. The van der Waals surface area contributed by atoms with E-state index in [1.165, 1.54) is 4.90 Å². The van der Waals surface area contributed by atoms with E-state index in [0.29, 0.717) is 13.0 Å². The molecule has 5 aliphatic rings. The van der Waals surface area contributed by atoms with Crippen molar-refractivity contribution in [3.63, 3.8) is 0 Å². The first-order valence-corrected chi connectivity index (χ1v) is 11.5. The van der Waals surface area contributed by atoms with Gasteiger partial charge in [0.25, 0.3) is 0 Å². The zero-order valence-electron chi connectivity index (χ0n) is 18.4. The van der Waals surface area contributed by atoms with E-state index < -0.39 is 5.92 Å². The lowest BCUT2D eigenvalue weighted by molar-refractivity contribution is -0.157. The molecule has 0 spiro atoms. The van der Waals surface area contributed by atoms with Gasteiger partial charge in [-0.3, -0.25) is 24.2 Å². The number of ketones is 1. The molecule has 166 valence electrons. The Hall–Kier alpha value is -2.35. The maximum Gasteiger partial charge on any atom is 0.233 e. The van der Waals surface area contributed by atoms with Gasteiger partial charge in [0.2, 0.25) is 17.8 Å². The molecule has 2 saturated heterocycles. The molecular weight excluding hydrogens is 394 g/mol. The number of rotatable bonds is 5. The second-order valence-electron chi connectivity index (χ2n) is 10.1. The molecule has 2 amide bonds. The molecule has 8 heteroatoms. The fourth-order valence-corrected chi connectivity index (χ4v) is 6.70. The van der Waals surface area contributed by atoms with Crippen LogP contribution >= 0.6 is 0 Å². The highest BCUT2D eigenvalue weighted by atomic mass is 16.2. The summed E-state index contributed by atoms with van der Waals surface area (Å²) in [5, 5.41) is 0. The molecule has 3 unspecified atom stereocenters. The Balaban J connectivity index is 1.17. The van der Waals surface area contributed by atoms with Crippen LogP contribution in [0.1, 0.15) is 33.1 Å². The summed E-state index contributed by atoms with van der Waals surface area (Å²) in [5.74, 6) is 0.0291. The second kappa shape index (κ2) is 7.65. The number of hydrogen-bond donors (Lipinski definition) is 0. The Labute approximate surface area is 183 Å². The number of aromatic nitrogens is 2. The van der Waals surface area contributed by atoms with E-state index in [9.17, 15) is 14.4 Å². The average molecular weight is 426 g/mol. The minimum absolute atomic E-state index is 0.0343. The number of anilines is 1. The number of piperazine rings is 1. The smallest absolute Gasteiger partial charge is 0.233 e. The molecule has 1 aromatic rings. The lowest BCUT2D eigenvalue weighted by atomic mass is 9.48. The van der Waals surface area contributed by atoms with Gasteiger partial charge in [-0.25, -0.2) is 9.97 Å². The highest BCUT2D eigenvalue weighted by Gasteiger charge is 2.66. The minimum atomic E-state index is -0.420. The van der Waals surface area contributed by atoms with Gasteiger partial charge >= 0.3 is 0 Å². The van der Waals surface area contributed by atoms with Crippen molar-refractivity contribution >= 4 is 23.5 Å². The van der Waals surface area contributed by atoms with E-state index in [4.69, 9.17) is 0 Å². The maximum absolute atomic E-state index is 13.2. The third kappa shape index (κ3) is 3.35. The fraction of sp³-hybridized carbons (Fsp3) is 0.696. The average Bonchev–Trinajstić information content (AvgIpc) is 3.00. The van der Waals surface area contributed by atoms with Crippen molar-refractivity contribution in [1.29, 1.82) is 0 Å². The summed E-state index contributed by atoms with van der Waals surface area (Å²) < 4.78 is 0. The normalized spacial score (nSPS) is 35.7. The van der Waals surface area contributed by atoms with Crippen LogP contribution < -0.4 is 4.90 Å². The van der Waals surface area contributed by atoms with Crippen LogP contribution in [0, 0.1) is 29.1 Å². The molecule has 5 atom stereocenters. The number of likely N-dealkylation sites (tertiary alicyclic amines) is 1. The summed E-state index contributed by atoms with van der Waals surface area (Å²) in [5.41, 5.74) is -0.354. The van der Waals surface area contributed by atoms with Crippen LogP contribution in [0.15, 0.2) is 18.5 Å². The number of amides is 2. The monoisotopic (exact) mass is 425 g/mol. The summed E-state index contributed by atoms with van der Waals surface area (Å²) in [6.45, 7) is 8.99. The SMILES string of the molecule is CC1C[C@]2(C)CC(=O)[C@H]1C1C(=O)N(CCCN3CCN(c4ncccn4)CC3)C(=O)C12. The summed E-state index contributed by atoms with van der Waals surface area (Å²) in [4.78, 5) is 53.7. The molecule has 31 heavy (non-hydrogen) atoms. The van der Waals surface area contributed by atoms with Crippen molar-refractivity contribution in [2.75, 3.05) is 44.2 Å². The van der Waals surface area contributed by atoms with Gasteiger partial charge in [0, 0.05) is 57.5 Å². The molecule has 1 aromatic heterocycles. The van der Waals surface area contributed by atoms with Crippen molar-refractivity contribution in [1.82, 2.24) is 19.8 Å². The highest BCUT2D eigenvalue weighted by molar-refractivity contribution is 6.09. The molecule has 0 aromatic carbocycles. The first kappa shape index (κ1) is 20.5. The second-order valence-corrected chi connectivity index (χ2v) is 10.1. The summed E-state index contributed by atoms with van der Waals surface area (Å²) in [6, 6.07) is 1.82. The lowest BCUT2D eigenvalue weighted by Gasteiger charge is -2.52. The van der Waals surface area contributed by atoms with Crippen molar-refractivity contribution in [3.05, 3.63) is 18.5 Å². The Morgan fingerprint density at radius 1 is 1.00 bits per heavy atom. The Morgan fingerprint density at radius 3 is 2.39 bits per heavy atom. The van der Waals surface area contributed by atoms with Crippen LogP contribution in [0.25, 0.3) is 0 Å². The van der Waals surface area contributed by atoms with E-state index in [-0.39, 0.29) is 40.8 Å². The molecule has 0 N–H and O–H groups in total. The zero-order valence-corrected chi connectivity index (χ0v) is 18.4. The quantitative estimate of drug-likeness (QED) is 0.656. The van der Waals surface area contributed by atoms with Crippen molar-refractivity contribution < 1.29 is 14.4 Å². The van der Waals surface area contributed by atoms with Crippen molar-refractivity contribution in [3.8, 4) is 0 Å². The Morgan fingerprint density at radius 2 is 1.71 bits per heavy atom. The molecule has 2 aliphatic heterocycles. The van der Waals surface area contributed by atoms with Crippen LogP contribution in [-0.4, -0.2) is 76.6 Å². The van der Waals surface area contributed by atoms with E-state index in [2.05, 4.69) is 26.7 Å². The maximum atomic E-state index is 13.2. The molecule has 5 fully saturated rings. The van der Waals surface area contributed by atoms with E-state index >= 15 is 0 Å². The predicted octanol–water partition coefficient (Wildman–Crippen LogP) is 1.22. The van der Waals surface area contributed by atoms with Crippen molar-refractivity contribution in [2.45, 2.75) is 33.1 Å². The largest absolute Gasteiger partial charge is 0.338 e. The van der Waals surface area contributed by atoms with Gasteiger partial charge in [-0.2, -0.15) is 0 Å². The van der Waals surface area contributed by atoms with Crippen LogP contribution in [0.5, 0.6) is 0 Å². The van der Waals surface area contributed by atoms with E-state index in [0.717, 1.165) is 51.5 Å². The van der Waals surface area contributed by atoms with Gasteiger partial charge in [-0.15, -0.1) is 0 Å². The molecule has 3 heterocycles. The van der Waals surface area contributed by atoms with Crippen LogP contribution in [0.4, 0.5) is 5.95 Å². The first-order valence-electron chi connectivity index (χ1n) is 11.5. The number of fused-ring (bicyclic) bond motifs is 2. The van der Waals surface area contributed by atoms with Gasteiger partial charge in [-0.05, 0) is 36.8 Å². The molecule has 2 bridgehead atoms. The molecule has 6 rings (SSSR count). The fourth-order valence-electron chi connectivity index (χ4n) is 6.70. The van der Waals surface area contributed by atoms with Gasteiger partial charge in [0.1, 0.15) is 5.78 Å². The van der Waals surface area contributed by atoms with E-state index in [1.54, 1.807) is 12.4 Å². The Bertz CT molecular complexity index is 884. The molecule has 3 saturated carbocycles. The molecule has 0 radical (unpaired) electrons. The third-order valence-electron chi connectivity index (χ3n) is 7.99. The summed E-state index contributed by atoms with van der Waals surface area (Å²) in [7, 11) is 0. The highest BCUT2D eigenvalue weighted by Crippen LogP contribution is 2.60. The first-order chi connectivity index (χ1) is 14.9. The van der Waals surface area contributed by atoms with Gasteiger partial charge in [0.05, 0.1) is 11.8 Å². The van der Waals surface area contributed by atoms with Crippen LogP contribution in [-0.2, 0) is 14.4 Å². The number of hydrogen-bond acceptors (Lipinski definition) is 7. The molecule has 8 nitrogen and oxygen atoms in total. The van der Waals surface area contributed by atoms with Crippen molar-refractivity contribution in [2.24, 2.45) is 29.1 Å². The minimum Gasteiger partial charge on any atom is -0.338 e. The number of carbonyl (C=O) groups excluding carboxylic acids is 3. The zero-order chi connectivity index (χ0) is 21.8. The lowest BCUT2D eigenvalue weighted by Crippen LogP contribution is -2.56. The van der Waals surface area contributed by atoms with Gasteiger partial charge in [-0.1, -0.05) is 13.8 Å². The Kier molecular flexibility index (Phi) is 5.07. The summed E-state index contributed by atoms with van der Waals surface area (Å²) >= 11 is 0. The predicted molar refractivity (Wildman–Crippen MR) is 114 cm³/mol. The van der Waals surface area contributed by atoms with Gasteiger partial charge in [0.15, 0.2) is 0 Å². The number of Topliss-reactive ketones (excluding diaryl/α,β-unsaturated/α-hetero) is 1. The van der Waals surface area contributed by atoms with Crippen LogP contribution in [0.2, 0.25) is 0 Å². The summed E-state index contributed by atoms with van der Waals surface area (Å²) in [6.07, 6.45) is 5.61. The van der Waals surface area contributed by atoms with E-state index in [1.807, 2.05) is 13.0 Å². The number of nitrogens with zero attached hydrogens (tertiary/aromatic N) is 5. The molecule has 3 aliphatic carbocycles. The standard InChI is InChI=1S/C23H31N5O3/c1-15-13-23(2)14-16(29)17(15)18-19(23)21(31)28(20(18)30)8-4-7-26-9-11-27(12-10-26)22-24-5-3-6-25-22/h3,5-6,15,17-19H,4,7-14H2,1-2H3/t15?,17-,18?,19?,23+/m0/s1. The third-order valence-corrected chi connectivity index (χ3v) is 7.99.